The zero-order chi connectivity index (χ0) is 36.8. The molecule has 2 aromatic heterocycles. The van der Waals surface area contributed by atoms with Gasteiger partial charge in [0.05, 0.1) is 35.3 Å². The number of aliphatic hydroxyl groups is 1. The molecule has 0 saturated heterocycles. The average Bonchev–Trinajstić information content (AvgIpc) is 3.79. The molecular weight excluding hydrogens is 675 g/mol. The van der Waals surface area contributed by atoms with Gasteiger partial charge in [-0.2, -0.15) is 10.2 Å². The molecule has 0 spiro atoms. The number of carbonyl (C=O) groups excluding carboxylic acids is 2. The number of amides is 2. The number of rotatable bonds is 14. The summed E-state index contributed by atoms with van der Waals surface area (Å²) in [6.45, 7) is 7.53. The zero-order valence-electron chi connectivity index (χ0n) is 30.3. The van der Waals surface area contributed by atoms with Crippen molar-refractivity contribution in [3.63, 3.8) is 0 Å². The van der Waals surface area contributed by atoms with Crippen LogP contribution in [0.3, 0.4) is 0 Å². The lowest BCUT2D eigenvalue weighted by atomic mass is 9.93. The summed E-state index contributed by atoms with van der Waals surface area (Å²) in [5, 5.41) is 19.7. The molecule has 3 heterocycles. The van der Waals surface area contributed by atoms with Gasteiger partial charge in [0, 0.05) is 50.2 Å². The fourth-order valence-electron chi connectivity index (χ4n) is 6.60. The van der Waals surface area contributed by atoms with Gasteiger partial charge in [-0.3, -0.25) is 14.3 Å². The molecular formula is C40H47N7O4S. The van der Waals surface area contributed by atoms with Gasteiger partial charge in [0.25, 0.3) is 11.8 Å². The Balaban J connectivity index is 1.36. The molecule has 2 atom stereocenters. The van der Waals surface area contributed by atoms with E-state index in [0.717, 1.165) is 48.1 Å². The summed E-state index contributed by atoms with van der Waals surface area (Å²) in [6, 6.07) is 23.8. The summed E-state index contributed by atoms with van der Waals surface area (Å²) in [4.78, 5) is 32.5. The minimum atomic E-state index is -1.67. The lowest BCUT2D eigenvalue weighted by Crippen LogP contribution is -2.46. The van der Waals surface area contributed by atoms with E-state index in [-0.39, 0.29) is 18.4 Å². The van der Waals surface area contributed by atoms with E-state index in [2.05, 4.69) is 23.7 Å². The molecule has 6 rings (SSSR count). The molecule has 0 aliphatic carbocycles. The molecule has 11 nitrogen and oxygen atoms in total. The van der Waals surface area contributed by atoms with Gasteiger partial charge < -0.3 is 19.5 Å². The number of anilines is 1. The third kappa shape index (κ3) is 8.09. The number of unbranched alkanes of at least 4 members (excludes halogenated alkanes) is 2. The van der Waals surface area contributed by atoms with Crippen molar-refractivity contribution in [3.8, 4) is 16.9 Å². The van der Waals surface area contributed by atoms with Crippen LogP contribution in [0.2, 0.25) is 0 Å². The Morgan fingerprint density at radius 2 is 1.71 bits per heavy atom. The van der Waals surface area contributed by atoms with Crippen LogP contribution in [0.4, 0.5) is 5.69 Å². The molecule has 5 aromatic rings. The Labute approximate surface area is 308 Å². The van der Waals surface area contributed by atoms with E-state index in [1.165, 1.54) is 0 Å². The van der Waals surface area contributed by atoms with Crippen molar-refractivity contribution in [1.82, 2.24) is 29.4 Å². The van der Waals surface area contributed by atoms with Crippen LogP contribution >= 0.6 is 0 Å². The van der Waals surface area contributed by atoms with Crippen LogP contribution in [-0.2, 0) is 31.4 Å². The topological polar surface area (TPSA) is 132 Å². The van der Waals surface area contributed by atoms with Crippen LogP contribution in [0, 0.1) is 6.92 Å². The lowest BCUT2D eigenvalue weighted by Gasteiger charge is -2.36. The van der Waals surface area contributed by atoms with E-state index < -0.39 is 17.4 Å². The molecule has 3 aromatic carbocycles. The number of hydrogen-bond donors (Lipinski definition) is 2. The number of aromatic nitrogens is 4. The highest BCUT2D eigenvalue weighted by Gasteiger charge is 2.32. The maximum absolute atomic E-state index is 14.7. The van der Waals surface area contributed by atoms with E-state index in [4.69, 9.17) is 5.10 Å². The van der Waals surface area contributed by atoms with E-state index in [9.17, 15) is 19.2 Å². The predicted octanol–water partition coefficient (Wildman–Crippen LogP) is 6.32. The summed E-state index contributed by atoms with van der Waals surface area (Å²) in [7, 11) is 1.85. The first-order valence-electron chi connectivity index (χ1n) is 18.0. The van der Waals surface area contributed by atoms with Crippen molar-refractivity contribution in [3.05, 3.63) is 113 Å². The normalized spacial score (nSPS) is 14.6. The van der Waals surface area contributed by atoms with Crippen LogP contribution in [0.15, 0.2) is 90.0 Å². The Bertz CT molecular complexity index is 2020. The second-order valence-corrected chi connectivity index (χ2v) is 14.5. The summed E-state index contributed by atoms with van der Waals surface area (Å²) in [6.07, 6.45) is 6.14. The van der Waals surface area contributed by atoms with Crippen LogP contribution in [-0.4, -0.2) is 76.6 Å². The fraction of sp³-hybridized carbons (Fsp3) is 0.350. The fourth-order valence-corrected chi connectivity index (χ4v) is 7.50. The maximum Gasteiger partial charge on any atom is 0.274 e. The first-order valence-corrected chi connectivity index (χ1v) is 19.1. The van der Waals surface area contributed by atoms with Gasteiger partial charge in [-0.15, -0.1) is 0 Å². The summed E-state index contributed by atoms with van der Waals surface area (Å²) >= 11 is -1.67. The second kappa shape index (κ2) is 16.6. The highest BCUT2D eigenvalue weighted by atomic mass is 32.2. The SMILES string of the molecule is CCCCN(CCCC)C(=O)c1cc(C)n(-c2ccc(N[S+]([O-])c3cccc(-c4ccn(C)n4)c3)cc2C(=O)N2Cc3ccccc3C[C@H]2CO)n1. The lowest BCUT2D eigenvalue weighted by molar-refractivity contribution is 0.0544. The number of aliphatic hydroxyl groups excluding tert-OH is 1. The average molecular weight is 722 g/mol. The van der Waals surface area contributed by atoms with E-state index >= 15 is 0 Å². The molecule has 0 bridgehead atoms. The van der Waals surface area contributed by atoms with Crippen molar-refractivity contribution < 1.29 is 19.2 Å². The summed E-state index contributed by atoms with van der Waals surface area (Å²) < 4.78 is 20.2. The molecule has 2 N–H and O–H groups in total. The third-order valence-electron chi connectivity index (χ3n) is 9.51. The number of hydrogen-bond acceptors (Lipinski definition) is 7. The van der Waals surface area contributed by atoms with Gasteiger partial charge in [-0.05, 0) is 73.7 Å². The molecule has 2 amide bonds. The van der Waals surface area contributed by atoms with E-state index in [1.54, 1.807) is 44.6 Å². The van der Waals surface area contributed by atoms with Crippen molar-refractivity contribution in [1.29, 1.82) is 0 Å². The van der Waals surface area contributed by atoms with Gasteiger partial charge in [0.2, 0.25) is 0 Å². The van der Waals surface area contributed by atoms with Crippen molar-refractivity contribution in [2.45, 2.75) is 70.4 Å². The Hall–Kier alpha value is -4.91. The van der Waals surface area contributed by atoms with Gasteiger partial charge >= 0.3 is 0 Å². The number of nitrogens with zero attached hydrogens (tertiary/aromatic N) is 6. The van der Waals surface area contributed by atoms with Crippen LogP contribution < -0.4 is 4.72 Å². The molecule has 1 unspecified atom stereocenters. The predicted molar refractivity (Wildman–Crippen MR) is 204 cm³/mol. The van der Waals surface area contributed by atoms with Gasteiger partial charge in [0.15, 0.2) is 10.6 Å². The molecule has 0 saturated carbocycles. The molecule has 272 valence electrons. The number of aryl methyl sites for hydroxylation is 2. The van der Waals surface area contributed by atoms with Crippen LogP contribution in [0.25, 0.3) is 16.9 Å². The molecule has 1 aliphatic heterocycles. The maximum atomic E-state index is 14.7. The highest BCUT2D eigenvalue weighted by molar-refractivity contribution is 7.92. The van der Waals surface area contributed by atoms with Crippen LogP contribution in [0.1, 0.15) is 77.2 Å². The highest BCUT2D eigenvalue weighted by Crippen LogP contribution is 2.30. The smallest absolute Gasteiger partial charge is 0.274 e. The minimum absolute atomic E-state index is 0.133. The van der Waals surface area contributed by atoms with Crippen molar-refractivity contribution in [2.75, 3.05) is 24.4 Å². The largest absolute Gasteiger partial charge is 0.588 e. The molecule has 1 aliphatic rings. The van der Waals surface area contributed by atoms with E-state index in [1.807, 2.05) is 73.6 Å². The number of fused-ring (bicyclic) bond motifs is 1. The Morgan fingerprint density at radius 1 is 0.962 bits per heavy atom. The van der Waals surface area contributed by atoms with Gasteiger partial charge in [0.1, 0.15) is 11.4 Å². The van der Waals surface area contributed by atoms with Gasteiger partial charge in [-0.25, -0.2) is 9.40 Å². The molecule has 12 heteroatoms. The summed E-state index contributed by atoms with van der Waals surface area (Å²) in [5.74, 6) is -0.434. The Kier molecular flexibility index (Phi) is 11.8. The number of nitrogens with one attached hydrogen (secondary N) is 1. The third-order valence-corrected chi connectivity index (χ3v) is 10.6. The number of carbonyl (C=O) groups is 2. The molecule has 0 fully saturated rings. The first kappa shape index (κ1) is 36.9. The van der Waals surface area contributed by atoms with E-state index in [0.29, 0.717) is 59.3 Å². The quantitative estimate of drug-likeness (QED) is 0.128. The zero-order valence-corrected chi connectivity index (χ0v) is 31.1. The number of benzene rings is 3. The standard InChI is InChI=1S/C40H47N7O4S/c1-5-7-19-45(20-8-6-2)40(50)37-22-28(3)47(42-37)38-17-16-32(43-52(51)34-15-11-14-30(24-34)36-18-21-44(4)41-36)25-35(38)39(49)46-26-31-13-10-9-12-29(31)23-33(46)27-48/h9-18,21-22,24-25,33,43,48H,5-8,19-20,23,26-27H2,1-4H3/t33-,52?/m0/s1. The Morgan fingerprint density at radius 3 is 2.40 bits per heavy atom. The monoisotopic (exact) mass is 721 g/mol. The molecule has 52 heavy (non-hydrogen) atoms. The van der Waals surface area contributed by atoms with Crippen LogP contribution in [0.5, 0.6) is 0 Å². The molecule has 0 radical (unpaired) electrons. The van der Waals surface area contributed by atoms with Crippen molar-refractivity contribution >= 4 is 28.9 Å². The minimum Gasteiger partial charge on any atom is -0.588 e. The van der Waals surface area contributed by atoms with Gasteiger partial charge in [-0.1, -0.05) is 63.1 Å². The first-order chi connectivity index (χ1) is 25.2. The van der Waals surface area contributed by atoms with Crippen molar-refractivity contribution in [2.24, 2.45) is 7.05 Å². The second-order valence-electron chi connectivity index (χ2n) is 13.3. The summed E-state index contributed by atoms with van der Waals surface area (Å²) in [5.41, 5.74) is 6.01.